The molecule has 0 heterocycles. The highest BCUT2D eigenvalue weighted by Crippen LogP contribution is 2.60. The Morgan fingerprint density at radius 1 is 0.391 bits per heavy atom. The molecular formula is C24H26F12O10. The maximum absolute atomic E-state index is 14.0. The normalized spacial score (nSPS) is 13.2. The summed E-state index contributed by atoms with van der Waals surface area (Å²) < 4.78 is 174. The summed E-state index contributed by atoms with van der Waals surface area (Å²) >= 11 is 0. The summed E-state index contributed by atoms with van der Waals surface area (Å²) in [4.78, 5) is 66.3. The molecule has 10 nitrogen and oxygen atoms in total. The summed E-state index contributed by atoms with van der Waals surface area (Å²) in [5.74, 6) is -61.7. The average Bonchev–Trinajstić information content (AvgIpc) is 2.91. The van der Waals surface area contributed by atoms with Crippen LogP contribution in [0.2, 0.25) is 0 Å². The number of rotatable bonds is 21. The number of halogens is 12. The molecule has 0 bridgehead atoms. The van der Waals surface area contributed by atoms with Crippen LogP contribution in [0.3, 0.4) is 0 Å². The molecule has 0 aromatic heterocycles. The standard InChI is InChI=1S/C24H26F12O10/c25-19(26,17(43)45-15(41)11-7-3-1-5-9-13(37)38)21(29,30)23(33,34)24(35,36)22(31,32)20(27,28)18(44)46-16(42)12-8-4-2-6-10-14(39)40/h1-12H2,(H,37,38)(H,39,40). The minimum absolute atomic E-state index is 0.0423. The highest BCUT2D eigenvalue weighted by Gasteiger charge is 2.92. The van der Waals surface area contributed by atoms with Gasteiger partial charge in [0.15, 0.2) is 0 Å². The summed E-state index contributed by atoms with van der Waals surface area (Å²) in [6, 6.07) is 0. The first-order chi connectivity index (χ1) is 20.7. The van der Waals surface area contributed by atoms with Gasteiger partial charge >= 0.3 is 71.4 Å². The predicted octanol–water partition coefficient (Wildman–Crippen LogP) is 5.79. The van der Waals surface area contributed by atoms with Gasteiger partial charge in [-0.05, 0) is 25.7 Å². The molecule has 0 aromatic carbocycles. The van der Waals surface area contributed by atoms with Crippen LogP contribution >= 0.6 is 0 Å². The van der Waals surface area contributed by atoms with Crippen molar-refractivity contribution in [2.75, 3.05) is 0 Å². The van der Waals surface area contributed by atoms with E-state index in [-0.39, 0.29) is 64.2 Å². The van der Waals surface area contributed by atoms with E-state index in [4.69, 9.17) is 10.2 Å². The number of carboxylic acids is 2. The SMILES string of the molecule is O=C(O)CCCCCCC(=O)OC(=O)C(F)(F)C(F)(F)C(F)(F)C(F)(F)C(F)(F)C(F)(F)C(=O)OC(=O)CCCCCCC(=O)O. The monoisotopic (exact) mass is 702 g/mol. The Balaban J connectivity index is 5.66. The van der Waals surface area contributed by atoms with Crippen molar-refractivity contribution in [3.8, 4) is 0 Å². The molecule has 0 aliphatic heterocycles. The molecule has 2 N–H and O–H groups in total. The molecule has 0 fully saturated rings. The third kappa shape index (κ3) is 9.94. The van der Waals surface area contributed by atoms with Gasteiger partial charge in [-0.25, -0.2) is 9.59 Å². The molecule has 0 radical (unpaired) electrons. The van der Waals surface area contributed by atoms with E-state index in [1.807, 2.05) is 0 Å². The molecule has 0 saturated heterocycles. The van der Waals surface area contributed by atoms with Crippen LogP contribution in [-0.4, -0.2) is 81.6 Å². The Kier molecular flexibility index (Phi) is 15.0. The van der Waals surface area contributed by atoms with Crippen molar-refractivity contribution >= 4 is 35.8 Å². The zero-order valence-electron chi connectivity index (χ0n) is 23.2. The van der Waals surface area contributed by atoms with Crippen LogP contribution in [0.5, 0.6) is 0 Å². The number of carbonyl (C=O) groups excluding carboxylic acids is 4. The van der Waals surface area contributed by atoms with Gasteiger partial charge in [-0.2, -0.15) is 52.7 Å². The number of alkyl halides is 12. The molecule has 0 rings (SSSR count). The first-order valence-corrected chi connectivity index (χ1v) is 12.9. The highest BCUT2D eigenvalue weighted by molar-refractivity contribution is 5.91. The molecule has 22 heteroatoms. The largest absolute Gasteiger partial charge is 0.481 e. The second kappa shape index (κ2) is 16.3. The highest BCUT2D eigenvalue weighted by atomic mass is 19.4. The molecule has 0 spiro atoms. The van der Waals surface area contributed by atoms with E-state index in [0.29, 0.717) is 0 Å². The zero-order chi connectivity index (χ0) is 36.4. The summed E-state index contributed by atoms with van der Waals surface area (Å²) in [6.45, 7) is 0. The van der Waals surface area contributed by atoms with Gasteiger partial charge in [-0.15, -0.1) is 0 Å². The van der Waals surface area contributed by atoms with Crippen LogP contribution in [0.4, 0.5) is 52.7 Å². The number of carboxylic acid groups (broad SMARTS) is 2. The lowest BCUT2D eigenvalue weighted by Crippen LogP contribution is -2.72. The van der Waals surface area contributed by atoms with Crippen molar-refractivity contribution in [3.05, 3.63) is 0 Å². The number of carbonyl (C=O) groups is 6. The number of hydrogen-bond donors (Lipinski definition) is 2. The fourth-order valence-corrected chi connectivity index (χ4v) is 3.28. The topological polar surface area (TPSA) is 161 Å². The minimum atomic E-state index is -8.30. The molecule has 266 valence electrons. The molecule has 0 unspecified atom stereocenters. The van der Waals surface area contributed by atoms with Gasteiger partial charge in [0.2, 0.25) is 0 Å². The third-order valence-electron chi connectivity index (χ3n) is 5.94. The first-order valence-electron chi connectivity index (χ1n) is 12.9. The quantitative estimate of drug-likeness (QED) is 0.0649. The molecule has 0 aliphatic rings. The third-order valence-corrected chi connectivity index (χ3v) is 5.94. The summed E-state index contributed by atoms with van der Waals surface area (Å²) in [5.41, 5.74) is 0. The maximum Gasteiger partial charge on any atom is 0.411 e. The minimum Gasteiger partial charge on any atom is -0.481 e. The summed E-state index contributed by atoms with van der Waals surface area (Å²) in [5, 5.41) is 16.9. The lowest BCUT2D eigenvalue weighted by molar-refractivity contribution is -0.417. The van der Waals surface area contributed by atoms with E-state index >= 15 is 0 Å². The number of aliphatic carboxylic acids is 2. The van der Waals surface area contributed by atoms with E-state index in [1.165, 1.54) is 0 Å². The van der Waals surface area contributed by atoms with Crippen molar-refractivity contribution in [2.24, 2.45) is 0 Å². The van der Waals surface area contributed by atoms with Crippen LogP contribution in [-0.2, 0) is 38.2 Å². The van der Waals surface area contributed by atoms with Gasteiger partial charge < -0.3 is 19.7 Å². The van der Waals surface area contributed by atoms with E-state index in [2.05, 4.69) is 9.47 Å². The van der Waals surface area contributed by atoms with Crippen molar-refractivity contribution in [2.45, 2.75) is 113 Å². The van der Waals surface area contributed by atoms with E-state index < -0.39 is 84.2 Å². The van der Waals surface area contributed by atoms with Gasteiger partial charge in [0, 0.05) is 25.7 Å². The van der Waals surface area contributed by atoms with Gasteiger partial charge in [0.25, 0.3) is 0 Å². The van der Waals surface area contributed by atoms with Crippen molar-refractivity contribution < 1.29 is 101 Å². The molecule has 0 atom stereocenters. The second-order valence-corrected chi connectivity index (χ2v) is 9.59. The number of unbranched alkanes of at least 4 members (excludes halogenated alkanes) is 6. The molecule has 0 aliphatic carbocycles. The lowest BCUT2D eigenvalue weighted by atomic mass is 9.91. The van der Waals surface area contributed by atoms with Crippen molar-refractivity contribution in [3.63, 3.8) is 0 Å². The molecule has 0 amide bonds. The van der Waals surface area contributed by atoms with Gasteiger partial charge in [0.1, 0.15) is 0 Å². The smallest absolute Gasteiger partial charge is 0.411 e. The molecule has 0 aromatic rings. The lowest BCUT2D eigenvalue weighted by Gasteiger charge is -2.39. The molecule has 0 saturated carbocycles. The van der Waals surface area contributed by atoms with E-state index in [0.717, 1.165) is 0 Å². The van der Waals surface area contributed by atoms with E-state index in [1.54, 1.807) is 0 Å². The van der Waals surface area contributed by atoms with E-state index in [9.17, 15) is 81.5 Å². The van der Waals surface area contributed by atoms with Gasteiger partial charge in [0.05, 0.1) is 0 Å². The molecular weight excluding hydrogens is 676 g/mol. The van der Waals surface area contributed by atoms with Crippen molar-refractivity contribution in [1.82, 2.24) is 0 Å². The van der Waals surface area contributed by atoms with Crippen LogP contribution in [0.25, 0.3) is 0 Å². The van der Waals surface area contributed by atoms with Crippen LogP contribution < -0.4 is 0 Å². The summed E-state index contributed by atoms with van der Waals surface area (Å²) in [7, 11) is 0. The Hall–Kier alpha value is -3.62. The van der Waals surface area contributed by atoms with Crippen LogP contribution in [0.1, 0.15) is 77.0 Å². The average molecular weight is 702 g/mol. The second-order valence-electron chi connectivity index (χ2n) is 9.59. The van der Waals surface area contributed by atoms with Crippen LogP contribution in [0, 0.1) is 0 Å². The maximum atomic E-state index is 14.0. The fourth-order valence-electron chi connectivity index (χ4n) is 3.28. The Labute approximate surface area is 250 Å². The summed E-state index contributed by atoms with van der Waals surface area (Å²) in [6.07, 6.45) is -3.34. The fraction of sp³-hybridized carbons (Fsp3) is 0.750. The first kappa shape index (κ1) is 42.4. The Morgan fingerprint density at radius 3 is 0.870 bits per heavy atom. The predicted molar refractivity (Wildman–Crippen MR) is 123 cm³/mol. The Bertz CT molecular complexity index is 1040. The number of hydrogen-bond acceptors (Lipinski definition) is 8. The Morgan fingerprint density at radius 2 is 0.630 bits per heavy atom. The van der Waals surface area contributed by atoms with Gasteiger partial charge in [-0.1, -0.05) is 25.7 Å². The number of esters is 4. The molecule has 46 heavy (non-hydrogen) atoms. The van der Waals surface area contributed by atoms with Crippen molar-refractivity contribution in [1.29, 1.82) is 0 Å². The number of ether oxygens (including phenoxy) is 2. The van der Waals surface area contributed by atoms with Gasteiger partial charge in [-0.3, -0.25) is 19.2 Å². The zero-order valence-corrected chi connectivity index (χ0v) is 23.2. The van der Waals surface area contributed by atoms with Crippen LogP contribution in [0.15, 0.2) is 0 Å².